The van der Waals surface area contributed by atoms with Gasteiger partial charge in [-0.1, -0.05) is 55.4 Å². The molecule has 0 radical (unpaired) electrons. The molecule has 0 spiro atoms. The van der Waals surface area contributed by atoms with Crippen molar-refractivity contribution in [1.29, 1.82) is 0 Å². The van der Waals surface area contributed by atoms with E-state index in [2.05, 4.69) is 55.4 Å². The number of aliphatic hydroxyl groups is 1. The SMILES string of the molecule is C[C@@H]1[C@@H](O)CC[C@H]2[C@@]1(C)CC[C@@H]1[C@]2(C)CC[C@]2(C)[C@H]3CC(C)(C)CC[C@@]3(C)CC[C@@]12C. The fourth-order valence-electron chi connectivity index (χ4n) is 11.4. The Bertz CT molecular complexity index is 741. The normalized spacial score (nSPS) is 60.9. The van der Waals surface area contributed by atoms with E-state index >= 15 is 0 Å². The first-order chi connectivity index (χ1) is 14.2. The standard InChI is InChI=1S/C30H52O/c1-20-21(31)9-10-22-27(20,5)12-11-23-28(22,6)16-18-30(8)24-19-25(2,3)13-14-26(24,4)15-17-29(23,30)7/h20-24,31H,9-19H2,1-8H3/t20-,21+,22+,23-,24+,26+,27+,28-,29+,30-/m1/s1. The van der Waals surface area contributed by atoms with Crippen LogP contribution in [-0.4, -0.2) is 11.2 Å². The second kappa shape index (κ2) is 6.55. The first-order valence-electron chi connectivity index (χ1n) is 13.9. The Morgan fingerprint density at radius 3 is 1.90 bits per heavy atom. The molecule has 0 aromatic rings. The topological polar surface area (TPSA) is 20.2 Å². The highest BCUT2D eigenvalue weighted by molar-refractivity contribution is 5.19. The van der Waals surface area contributed by atoms with Crippen molar-refractivity contribution < 1.29 is 5.11 Å². The van der Waals surface area contributed by atoms with Gasteiger partial charge in [-0.2, -0.15) is 0 Å². The summed E-state index contributed by atoms with van der Waals surface area (Å²) in [6, 6.07) is 0. The third kappa shape index (κ3) is 2.77. The zero-order valence-corrected chi connectivity index (χ0v) is 22.1. The van der Waals surface area contributed by atoms with Crippen LogP contribution in [-0.2, 0) is 0 Å². The van der Waals surface area contributed by atoms with Gasteiger partial charge < -0.3 is 5.11 Å². The molecule has 5 aliphatic carbocycles. The third-order valence-electron chi connectivity index (χ3n) is 13.9. The van der Waals surface area contributed by atoms with Crippen molar-refractivity contribution in [3.8, 4) is 0 Å². The van der Waals surface area contributed by atoms with E-state index < -0.39 is 0 Å². The molecule has 0 aromatic carbocycles. The lowest BCUT2D eigenvalue weighted by Gasteiger charge is -2.75. The lowest BCUT2D eigenvalue weighted by atomic mass is 9.30. The van der Waals surface area contributed by atoms with Crippen LogP contribution in [0.1, 0.15) is 126 Å². The molecule has 10 atom stereocenters. The van der Waals surface area contributed by atoms with E-state index in [0.717, 1.165) is 24.2 Å². The van der Waals surface area contributed by atoms with E-state index in [0.29, 0.717) is 38.4 Å². The number of hydrogen-bond donors (Lipinski definition) is 1. The fraction of sp³-hybridized carbons (Fsp3) is 1.00. The molecule has 1 N–H and O–H groups in total. The molecule has 0 amide bonds. The fourth-order valence-corrected chi connectivity index (χ4v) is 11.4. The van der Waals surface area contributed by atoms with Gasteiger partial charge in [0.05, 0.1) is 6.10 Å². The Kier molecular flexibility index (Phi) is 4.80. The summed E-state index contributed by atoms with van der Waals surface area (Å²) in [5.41, 5.74) is 2.88. The molecular weight excluding hydrogens is 376 g/mol. The number of aliphatic hydroxyl groups excluding tert-OH is 1. The molecule has 31 heavy (non-hydrogen) atoms. The Morgan fingerprint density at radius 1 is 0.581 bits per heavy atom. The van der Waals surface area contributed by atoms with Gasteiger partial charge in [0, 0.05) is 0 Å². The lowest BCUT2D eigenvalue weighted by Crippen LogP contribution is -2.67. The molecule has 5 saturated carbocycles. The minimum atomic E-state index is -0.0781. The van der Waals surface area contributed by atoms with E-state index in [-0.39, 0.29) is 6.10 Å². The third-order valence-corrected chi connectivity index (χ3v) is 13.9. The zero-order chi connectivity index (χ0) is 22.7. The Labute approximate surface area is 193 Å². The van der Waals surface area contributed by atoms with Crippen molar-refractivity contribution in [3.05, 3.63) is 0 Å². The van der Waals surface area contributed by atoms with Crippen LogP contribution in [0.3, 0.4) is 0 Å². The van der Waals surface area contributed by atoms with Gasteiger partial charge in [-0.25, -0.2) is 0 Å². The Balaban J connectivity index is 1.54. The molecule has 0 heterocycles. The van der Waals surface area contributed by atoms with Gasteiger partial charge in [0.15, 0.2) is 0 Å². The van der Waals surface area contributed by atoms with E-state index in [1.165, 1.54) is 64.2 Å². The molecule has 1 heteroatoms. The molecule has 0 unspecified atom stereocenters. The van der Waals surface area contributed by atoms with Crippen LogP contribution in [0.25, 0.3) is 0 Å². The van der Waals surface area contributed by atoms with Crippen molar-refractivity contribution in [1.82, 2.24) is 0 Å². The summed E-state index contributed by atoms with van der Waals surface area (Å²) in [6.45, 7) is 20.9. The van der Waals surface area contributed by atoms with Crippen molar-refractivity contribution in [2.24, 2.45) is 56.2 Å². The summed E-state index contributed by atoms with van der Waals surface area (Å²) in [6.07, 6.45) is 15.1. The van der Waals surface area contributed by atoms with Crippen LogP contribution in [0.4, 0.5) is 0 Å². The summed E-state index contributed by atoms with van der Waals surface area (Å²) in [5.74, 6) is 3.02. The van der Waals surface area contributed by atoms with Gasteiger partial charge in [-0.3, -0.25) is 0 Å². The summed E-state index contributed by atoms with van der Waals surface area (Å²) < 4.78 is 0. The van der Waals surface area contributed by atoms with E-state index in [1.54, 1.807) is 0 Å². The first-order valence-corrected chi connectivity index (χ1v) is 13.9. The van der Waals surface area contributed by atoms with Crippen LogP contribution in [0, 0.1) is 56.2 Å². The summed E-state index contributed by atoms with van der Waals surface area (Å²) >= 11 is 0. The molecule has 5 aliphatic rings. The molecule has 1 nitrogen and oxygen atoms in total. The summed E-state index contributed by atoms with van der Waals surface area (Å²) in [7, 11) is 0. The maximum Gasteiger partial charge on any atom is 0.0571 e. The van der Waals surface area contributed by atoms with Gasteiger partial charge in [0.2, 0.25) is 0 Å². The molecule has 0 saturated heterocycles. The molecule has 0 bridgehead atoms. The van der Waals surface area contributed by atoms with Gasteiger partial charge in [-0.05, 0) is 127 Å². The van der Waals surface area contributed by atoms with Gasteiger partial charge in [-0.15, -0.1) is 0 Å². The average Bonchev–Trinajstić information content (AvgIpc) is 2.69. The Morgan fingerprint density at radius 2 is 1.19 bits per heavy atom. The first kappa shape index (κ1) is 22.7. The average molecular weight is 429 g/mol. The zero-order valence-electron chi connectivity index (χ0n) is 22.1. The number of fused-ring (bicyclic) bond motifs is 7. The van der Waals surface area contributed by atoms with Crippen LogP contribution in [0.2, 0.25) is 0 Å². The second-order valence-electron chi connectivity index (χ2n) is 15.5. The number of hydrogen-bond acceptors (Lipinski definition) is 1. The van der Waals surface area contributed by atoms with Gasteiger partial charge >= 0.3 is 0 Å². The molecule has 178 valence electrons. The molecular formula is C30H52O. The highest BCUT2D eigenvalue weighted by atomic mass is 16.3. The Hall–Kier alpha value is -0.0400. The maximum absolute atomic E-state index is 10.7. The maximum atomic E-state index is 10.7. The van der Waals surface area contributed by atoms with Crippen molar-refractivity contribution in [2.45, 2.75) is 132 Å². The molecule has 0 aromatic heterocycles. The molecule has 0 aliphatic heterocycles. The molecule has 5 rings (SSSR count). The number of rotatable bonds is 0. The highest BCUT2D eigenvalue weighted by Crippen LogP contribution is 2.78. The van der Waals surface area contributed by atoms with E-state index in [9.17, 15) is 5.11 Å². The monoisotopic (exact) mass is 428 g/mol. The lowest BCUT2D eigenvalue weighted by molar-refractivity contribution is -0.263. The van der Waals surface area contributed by atoms with Crippen molar-refractivity contribution >= 4 is 0 Å². The van der Waals surface area contributed by atoms with E-state index in [4.69, 9.17) is 0 Å². The van der Waals surface area contributed by atoms with Crippen LogP contribution in [0.5, 0.6) is 0 Å². The summed E-state index contributed by atoms with van der Waals surface area (Å²) in [5, 5.41) is 10.7. The smallest absolute Gasteiger partial charge is 0.0571 e. The minimum absolute atomic E-state index is 0.0781. The summed E-state index contributed by atoms with van der Waals surface area (Å²) in [4.78, 5) is 0. The predicted octanol–water partition coefficient (Wildman–Crippen LogP) is 8.25. The van der Waals surface area contributed by atoms with E-state index in [1.807, 2.05) is 0 Å². The predicted molar refractivity (Wildman–Crippen MR) is 131 cm³/mol. The van der Waals surface area contributed by atoms with Crippen molar-refractivity contribution in [3.63, 3.8) is 0 Å². The largest absolute Gasteiger partial charge is 0.393 e. The van der Waals surface area contributed by atoms with Gasteiger partial charge in [0.1, 0.15) is 0 Å². The van der Waals surface area contributed by atoms with Crippen LogP contribution in [0.15, 0.2) is 0 Å². The van der Waals surface area contributed by atoms with Gasteiger partial charge in [0.25, 0.3) is 0 Å². The highest BCUT2D eigenvalue weighted by Gasteiger charge is 2.70. The van der Waals surface area contributed by atoms with Crippen LogP contribution >= 0.6 is 0 Å². The minimum Gasteiger partial charge on any atom is -0.393 e. The van der Waals surface area contributed by atoms with Crippen molar-refractivity contribution in [2.75, 3.05) is 0 Å². The van der Waals surface area contributed by atoms with Crippen LogP contribution < -0.4 is 0 Å². The second-order valence-corrected chi connectivity index (χ2v) is 15.5. The quantitative estimate of drug-likeness (QED) is 0.412. The molecule has 5 fully saturated rings.